The maximum Gasteiger partial charge on any atom is 0.161 e. The lowest BCUT2D eigenvalue weighted by atomic mass is 9.92. The van der Waals surface area contributed by atoms with Gasteiger partial charge in [-0.1, -0.05) is 6.07 Å². The molecule has 0 aliphatic rings. The van der Waals surface area contributed by atoms with Crippen molar-refractivity contribution in [2.75, 3.05) is 13.7 Å². The third-order valence-corrected chi connectivity index (χ3v) is 3.07. The Labute approximate surface area is 121 Å². The van der Waals surface area contributed by atoms with Crippen LogP contribution in [-0.2, 0) is 6.42 Å². The van der Waals surface area contributed by atoms with Crippen molar-refractivity contribution in [2.45, 2.75) is 39.7 Å². The predicted octanol–water partition coefficient (Wildman–Crippen LogP) is 2.90. The molecule has 0 saturated heterocycles. The summed E-state index contributed by atoms with van der Waals surface area (Å²) in [5.74, 6) is 1.41. The Morgan fingerprint density at radius 3 is 2.60 bits per heavy atom. The third kappa shape index (κ3) is 5.10. The summed E-state index contributed by atoms with van der Waals surface area (Å²) in [5.41, 5.74) is 6.55. The van der Waals surface area contributed by atoms with Gasteiger partial charge >= 0.3 is 0 Å². The summed E-state index contributed by atoms with van der Waals surface area (Å²) in [7, 11) is 1.62. The summed E-state index contributed by atoms with van der Waals surface area (Å²) in [4.78, 5) is 0. The molecular formula is C16H24N2O2. The van der Waals surface area contributed by atoms with Crippen LogP contribution in [-0.4, -0.2) is 19.8 Å². The SMILES string of the molecule is COc1cc(CC(C)N)ccc1OCCC(C)(C)C#N. The molecule has 20 heavy (non-hydrogen) atoms. The minimum absolute atomic E-state index is 0.114. The van der Waals surface area contributed by atoms with Crippen LogP contribution in [0.15, 0.2) is 18.2 Å². The van der Waals surface area contributed by atoms with Crippen molar-refractivity contribution in [3.63, 3.8) is 0 Å². The van der Waals surface area contributed by atoms with Gasteiger partial charge in [0.2, 0.25) is 0 Å². The third-order valence-electron chi connectivity index (χ3n) is 3.07. The largest absolute Gasteiger partial charge is 0.493 e. The highest BCUT2D eigenvalue weighted by Gasteiger charge is 2.17. The Balaban J connectivity index is 2.69. The van der Waals surface area contributed by atoms with Gasteiger partial charge in [-0.25, -0.2) is 0 Å². The topological polar surface area (TPSA) is 68.3 Å². The van der Waals surface area contributed by atoms with E-state index in [2.05, 4.69) is 6.07 Å². The summed E-state index contributed by atoms with van der Waals surface area (Å²) in [6, 6.07) is 8.22. The normalized spacial score (nSPS) is 12.6. The van der Waals surface area contributed by atoms with Crippen molar-refractivity contribution in [3.8, 4) is 17.6 Å². The zero-order valence-corrected chi connectivity index (χ0v) is 12.8. The fourth-order valence-corrected chi connectivity index (χ4v) is 1.80. The monoisotopic (exact) mass is 276 g/mol. The Kier molecular flexibility index (Phi) is 5.84. The fraction of sp³-hybridized carbons (Fsp3) is 0.562. The molecule has 4 nitrogen and oxygen atoms in total. The van der Waals surface area contributed by atoms with Crippen molar-refractivity contribution in [1.82, 2.24) is 0 Å². The summed E-state index contributed by atoms with van der Waals surface area (Å²) < 4.78 is 11.1. The Hall–Kier alpha value is -1.73. The Bertz CT molecular complexity index is 476. The molecule has 0 aliphatic heterocycles. The number of hydrogen-bond donors (Lipinski definition) is 1. The van der Waals surface area contributed by atoms with Gasteiger partial charge < -0.3 is 15.2 Å². The first-order chi connectivity index (χ1) is 9.38. The zero-order chi connectivity index (χ0) is 15.2. The maximum atomic E-state index is 8.97. The summed E-state index contributed by atoms with van der Waals surface area (Å²) in [6.07, 6.45) is 1.48. The second kappa shape index (κ2) is 7.16. The van der Waals surface area contributed by atoms with Gasteiger partial charge in [-0.15, -0.1) is 0 Å². The van der Waals surface area contributed by atoms with Crippen LogP contribution in [0.1, 0.15) is 32.8 Å². The van der Waals surface area contributed by atoms with E-state index in [1.807, 2.05) is 39.0 Å². The minimum atomic E-state index is -0.373. The first-order valence-electron chi connectivity index (χ1n) is 6.84. The lowest BCUT2D eigenvalue weighted by molar-refractivity contribution is 0.252. The second-order valence-electron chi connectivity index (χ2n) is 5.76. The molecule has 0 radical (unpaired) electrons. The number of nitrogens with zero attached hydrogens (tertiary/aromatic N) is 1. The first kappa shape index (κ1) is 16.3. The minimum Gasteiger partial charge on any atom is -0.493 e. The van der Waals surface area contributed by atoms with Crippen LogP contribution in [0.2, 0.25) is 0 Å². The number of nitrogens with two attached hydrogens (primary N) is 1. The van der Waals surface area contributed by atoms with Crippen LogP contribution in [0.4, 0.5) is 0 Å². The molecular weight excluding hydrogens is 252 g/mol. The van der Waals surface area contributed by atoms with Crippen molar-refractivity contribution in [1.29, 1.82) is 5.26 Å². The molecule has 0 amide bonds. The quantitative estimate of drug-likeness (QED) is 0.831. The van der Waals surface area contributed by atoms with Gasteiger partial charge in [0, 0.05) is 6.04 Å². The van der Waals surface area contributed by atoms with Crippen LogP contribution >= 0.6 is 0 Å². The summed E-state index contributed by atoms with van der Waals surface area (Å²) in [5, 5.41) is 8.97. The standard InChI is InChI=1S/C16H24N2O2/c1-12(18)9-13-5-6-14(15(10-13)19-4)20-8-7-16(2,3)11-17/h5-6,10,12H,7-9,18H2,1-4H3. The van der Waals surface area contributed by atoms with E-state index in [-0.39, 0.29) is 11.5 Å². The molecule has 1 unspecified atom stereocenters. The van der Waals surface area contributed by atoms with Crippen molar-refractivity contribution in [2.24, 2.45) is 11.1 Å². The molecule has 1 aromatic carbocycles. The van der Waals surface area contributed by atoms with E-state index in [0.29, 0.717) is 24.5 Å². The lowest BCUT2D eigenvalue weighted by Gasteiger charge is -2.17. The highest BCUT2D eigenvalue weighted by Crippen LogP contribution is 2.29. The van der Waals surface area contributed by atoms with E-state index in [4.69, 9.17) is 20.5 Å². The average Bonchev–Trinajstić information content (AvgIpc) is 2.39. The molecule has 0 saturated carbocycles. The molecule has 1 aromatic rings. The maximum absolute atomic E-state index is 8.97. The lowest BCUT2D eigenvalue weighted by Crippen LogP contribution is -2.17. The molecule has 1 atom stereocenters. The molecule has 0 heterocycles. The number of nitriles is 1. The number of hydrogen-bond acceptors (Lipinski definition) is 4. The molecule has 0 fully saturated rings. The van der Waals surface area contributed by atoms with Gasteiger partial charge in [0.15, 0.2) is 11.5 Å². The zero-order valence-electron chi connectivity index (χ0n) is 12.8. The van der Waals surface area contributed by atoms with Gasteiger partial charge in [0.25, 0.3) is 0 Å². The molecule has 1 rings (SSSR count). The van der Waals surface area contributed by atoms with Crippen LogP contribution in [0, 0.1) is 16.7 Å². The summed E-state index contributed by atoms with van der Waals surface area (Å²) >= 11 is 0. The number of ether oxygens (including phenoxy) is 2. The van der Waals surface area contributed by atoms with E-state index in [1.165, 1.54) is 0 Å². The average molecular weight is 276 g/mol. The van der Waals surface area contributed by atoms with E-state index in [0.717, 1.165) is 12.0 Å². The molecule has 0 aromatic heterocycles. The van der Waals surface area contributed by atoms with Gasteiger partial charge in [-0.3, -0.25) is 0 Å². The molecule has 0 spiro atoms. The molecule has 0 bridgehead atoms. The van der Waals surface area contributed by atoms with Crippen molar-refractivity contribution >= 4 is 0 Å². The van der Waals surface area contributed by atoms with Gasteiger partial charge in [0.1, 0.15) is 0 Å². The number of benzene rings is 1. The molecule has 0 aliphatic carbocycles. The van der Waals surface area contributed by atoms with E-state index >= 15 is 0 Å². The van der Waals surface area contributed by atoms with Crippen LogP contribution < -0.4 is 15.2 Å². The fourth-order valence-electron chi connectivity index (χ4n) is 1.80. The number of methoxy groups -OCH3 is 1. The van der Waals surface area contributed by atoms with Gasteiger partial charge in [-0.05, 0) is 51.3 Å². The number of rotatable bonds is 7. The van der Waals surface area contributed by atoms with Gasteiger partial charge in [0.05, 0.1) is 25.2 Å². The summed E-state index contributed by atoms with van der Waals surface area (Å²) in [6.45, 7) is 6.27. The molecule has 4 heteroatoms. The highest BCUT2D eigenvalue weighted by atomic mass is 16.5. The Morgan fingerprint density at radius 1 is 1.35 bits per heavy atom. The van der Waals surface area contributed by atoms with Crippen molar-refractivity contribution in [3.05, 3.63) is 23.8 Å². The van der Waals surface area contributed by atoms with E-state index in [9.17, 15) is 0 Å². The molecule has 110 valence electrons. The molecule has 2 N–H and O–H groups in total. The highest BCUT2D eigenvalue weighted by molar-refractivity contribution is 5.43. The van der Waals surface area contributed by atoms with Crippen LogP contribution in [0.5, 0.6) is 11.5 Å². The van der Waals surface area contributed by atoms with Crippen molar-refractivity contribution < 1.29 is 9.47 Å². The van der Waals surface area contributed by atoms with Crippen LogP contribution in [0.3, 0.4) is 0 Å². The van der Waals surface area contributed by atoms with E-state index < -0.39 is 0 Å². The van der Waals surface area contributed by atoms with Crippen LogP contribution in [0.25, 0.3) is 0 Å². The smallest absolute Gasteiger partial charge is 0.161 e. The Morgan fingerprint density at radius 2 is 2.05 bits per heavy atom. The first-order valence-corrected chi connectivity index (χ1v) is 6.84. The van der Waals surface area contributed by atoms with E-state index in [1.54, 1.807) is 7.11 Å². The predicted molar refractivity (Wildman–Crippen MR) is 79.9 cm³/mol. The van der Waals surface area contributed by atoms with Gasteiger partial charge in [-0.2, -0.15) is 5.26 Å². The second-order valence-corrected chi connectivity index (χ2v) is 5.76.